The van der Waals surface area contributed by atoms with Crippen molar-refractivity contribution in [1.82, 2.24) is 0 Å². The smallest absolute Gasteiger partial charge is 0.305 e. The first-order valence-electron chi connectivity index (χ1n) is 6.52. The van der Waals surface area contributed by atoms with E-state index in [1.807, 2.05) is 6.92 Å². The number of nitriles is 1. The minimum absolute atomic E-state index is 0.0259. The molecule has 7 heteroatoms. The first-order chi connectivity index (χ1) is 9.82. The normalized spacial score (nSPS) is 20.8. The monoisotopic (exact) mass is 308 g/mol. The molecule has 1 atom stereocenters. The van der Waals surface area contributed by atoms with Crippen molar-refractivity contribution in [1.29, 1.82) is 5.26 Å². The van der Waals surface area contributed by atoms with E-state index in [0.29, 0.717) is 11.3 Å². The quantitative estimate of drug-likeness (QED) is 0.892. The van der Waals surface area contributed by atoms with Crippen molar-refractivity contribution >= 4 is 21.5 Å². The Hall–Kier alpha value is -2.07. The molecule has 0 aliphatic carbocycles. The first kappa shape index (κ1) is 15.3. The highest BCUT2D eigenvalue weighted by Crippen LogP contribution is 2.27. The number of carboxylic acids is 1. The molecular formula is C14H16N2O4S. The van der Waals surface area contributed by atoms with E-state index in [4.69, 9.17) is 5.11 Å². The summed E-state index contributed by atoms with van der Waals surface area (Å²) in [6.45, 7) is 2.08. The molecule has 112 valence electrons. The molecule has 1 aliphatic heterocycles. The molecule has 1 heterocycles. The molecule has 0 radical (unpaired) electrons. The lowest BCUT2D eigenvalue weighted by Crippen LogP contribution is -2.49. The predicted molar refractivity (Wildman–Crippen MR) is 77.9 cm³/mol. The molecule has 0 amide bonds. The summed E-state index contributed by atoms with van der Waals surface area (Å²) in [5.74, 6) is -1.27. The van der Waals surface area contributed by atoms with Gasteiger partial charge in [0.05, 0.1) is 35.2 Å². The highest BCUT2D eigenvalue weighted by Gasteiger charge is 2.33. The Morgan fingerprint density at radius 2 is 2.24 bits per heavy atom. The van der Waals surface area contributed by atoms with Crippen molar-refractivity contribution in [2.75, 3.05) is 23.0 Å². The SMILES string of the molecule is Cc1ccc(C#N)c(N2CCS(=O)(=O)CC2CC(=O)O)c1. The molecule has 0 bridgehead atoms. The third-order valence-corrected chi connectivity index (χ3v) is 5.22. The fourth-order valence-electron chi connectivity index (χ4n) is 2.55. The standard InChI is InChI=1S/C14H16N2O4S/c1-10-2-3-11(8-15)13(6-10)16-4-5-21(19,20)9-12(16)7-14(17)18/h2-3,6,12H,4-5,7,9H2,1H3,(H,17,18). The van der Waals surface area contributed by atoms with E-state index in [2.05, 4.69) is 6.07 Å². The maximum Gasteiger partial charge on any atom is 0.305 e. The fourth-order valence-corrected chi connectivity index (χ4v) is 4.07. The van der Waals surface area contributed by atoms with Gasteiger partial charge >= 0.3 is 5.97 Å². The van der Waals surface area contributed by atoms with Crippen LogP contribution in [0.5, 0.6) is 0 Å². The zero-order valence-corrected chi connectivity index (χ0v) is 12.4. The van der Waals surface area contributed by atoms with Gasteiger partial charge in [-0.2, -0.15) is 5.26 Å². The van der Waals surface area contributed by atoms with Crippen molar-refractivity contribution in [3.05, 3.63) is 29.3 Å². The number of hydrogen-bond donors (Lipinski definition) is 1. The van der Waals surface area contributed by atoms with Crippen molar-refractivity contribution in [2.45, 2.75) is 19.4 Å². The highest BCUT2D eigenvalue weighted by molar-refractivity contribution is 7.91. The summed E-state index contributed by atoms with van der Waals surface area (Å²) in [6.07, 6.45) is -0.266. The number of nitrogens with zero attached hydrogens (tertiary/aromatic N) is 2. The first-order valence-corrected chi connectivity index (χ1v) is 8.34. The molecule has 1 aromatic rings. The molecule has 1 N–H and O–H groups in total. The number of benzene rings is 1. The molecule has 1 saturated heterocycles. The van der Waals surface area contributed by atoms with Gasteiger partial charge in [-0.25, -0.2) is 8.42 Å². The molecule has 1 aliphatic rings. The van der Waals surface area contributed by atoms with E-state index in [-0.39, 0.29) is 24.5 Å². The predicted octanol–water partition coefficient (Wildman–Crippen LogP) is 0.945. The third kappa shape index (κ3) is 3.52. The topological polar surface area (TPSA) is 98.5 Å². The van der Waals surface area contributed by atoms with Crippen LogP contribution in [0.25, 0.3) is 0 Å². The van der Waals surface area contributed by atoms with Crippen LogP contribution < -0.4 is 4.90 Å². The van der Waals surface area contributed by atoms with Crippen molar-refractivity contribution in [2.24, 2.45) is 0 Å². The maximum absolute atomic E-state index is 11.8. The number of aliphatic carboxylic acids is 1. The second-order valence-electron chi connectivity index (χ2n) is 5.19. The van der Waals surface area contributed by atoms with E-state index >= 15 is 0 Å². The summed E-state index contributed by atoms with van der Waals surface area (Å²) < 4.78 is 23.5. The fraction of sp³-hybridized carbons (Fsp3) is 0.429. The summed E-state index contributed by atoms with van der Waals surface area (Å²) in [5.41, 5.74) is 1.97. The van der Waals surface area contributed by atoms with Crippen LogP contribution in [0.1, 0.15) is 17.5 Å². The van der Waals surface area contributed by atoms with Crippen LogP contribution in [0.4, 0.5) is 5.69 Å². The minimum atomic E-state index is -3.24. The Morgan fingerprint density at radius 3 is 2.86 bits per heavy atom. The average Bonchev–Trinajstić information content (AvgIpc) is 2.37. The molecule has 1 fully saturated rings. The van der Waals surface area contributed by atoms with Crippen LogP contribution in [0, 0.1) is 18.3 Å². The molecule has 0 aromatic heterocycles. The summed E-state index contributed by atoms with van der Waals surface area (Å²) in [6, 6.07) is 6.70. The Morgan fingerprint density at radius 1 is 1.52 bits per heavy atom. The molecule has 0 spiro atoms. The van der Waals surface area contributed by atoms with Gasteiger partial charge in [-0.1, -0.05) is 6.07 Å². The lowest BCUT2D eigenvalue weighted by Gasteiger charge is -2.37. The van der Waals surface area contributed by atoms with Gasteiger partial charge in [0.2, 0.25) is 0 Å². The van der Waals surface area contributed by atoms with E-state index < -0.39 is 21.8 Å². The summed E-state index contributed by atoms with van der Waals surface area (Å²) in [4.78, 5) is 12.7. The average molecular weight is 308 g/mol. The van der Waals surface area contributed by atoms with Crippen LogP contribution in [0.3, 0.4) is 0 Å². The van der Waals surface area contributed by atoms with Crippen molar-refractivity contribution in [3.8, 4) is 6.07 Å². The Bertz CT molecular complexity index is 706. The van der Waals surface area contributed by atoms with E-state index in [9.17, 15) is 18.5 Å². The van der Waals surface area contributed by atoms with Gasteiger partial charge in [-0.05, 0) is 24.6 Å². The number of hydrogen-bond acceptors (Lipinski definition) is 5. The van der Waals surface area contributed by atoms with E-state index in [1.165, 1.54) is 0 Å². The Balaban J connectivity index is 2.43. The van der Waals surface area contributed by atoms with Crippen molar-refractivity contribution in [3.63, 3.8) is 0 Å². The highest BCUT2D eigenvalue weighted by atomic mass is 32.2. The molecule has 0 saturated carbocycles. The Kier molecular flexibility index (Phi) is 4.19. The number of sulfone groups is 1. The third-order valence-electron chi connectivity index (χ3n) is 3.52. The van der Waals surface area contributed by atoms with Crippen LogP contribution in [-0.4, -0.2) is 43.6 Å². The van der Waals surface area contributed by atoms with Crippen LogP contribution in [-0.2, 0) is 14.6 Å². The van der Waals surface area contributed by atoms with E-state index in [0.717, 1.165) is 5.56 Å². The number of aryl methyl sites for hydroxylation is 1. The lowest BCUT2D eigenvalue weighted by atomic mass is 10.1. The molecule has 1 aromatic carbocycles. The van der Waals surface area contributed by atoms with Gasteiger partial charge in [0.1, 0.15) is 6.07 Å². The second-order valence-corrected chi connectivity index (χ2v) is 7.42. The van der Waals surface area contributed by atoms with Crippen LogP contribution >= 0.6 is 0 Å². The molecular weight excluding hydrogens is 292 g/mol. The molecule has 21 heavy (non-hydrogen) atoms. The zero-order valence-electron chi connectivity index (χ0n) is 11.6. The lowest BCUT2D eigenvalue weighted by molar-refractivity contribution is -0.137. The van der Waals surface area contributed by atoms with Crippen molar-refractivity contribution < 1.29 is 18.3 Å². The molecule has 2 rings (SSSR count). The van der Waals surface area contributed by atoms with Gasteiger partial charge in [0.15, 0.2) is 9.84 Å². The largest absolute Gasteiger partial charge is 0.481 e. The summed E-state index contributed by atoms with van der Waals surface area (Å²) in [7, 11) is -3.24. The van der Waals surface area contributed by atoms with Crippen LogP contribution in [0.15, 0.2) is 18.2 Å². The number of carbonyl (C=O) groups is 1. The van der Waals surface area contributed by atoms with Crippen LogP contribution in [0.2, 0.25) is 0 Å². The van der Waals surface area contributed by atoms with Gasteiger partial charge in [-0.3, -0.25) is 4.79 Å². The number of rotatable bonds is 3. The maximum atomic E-state index is 11.8. The summed E-state index contributed by atoms with van der Waals surface area (Å²) >= 11 is 0. The Labute approximate surface area is 123 Å². The van der Waals surface area contributed by atoms with Gasteiger partial charge in [0, 0.05) is 6.54 Å². The van der Waals surface area contributed by atoms with E-state index in [1.54, 1.807) is 23.1 Å². The van der Waals surface area contributed by atoms with Gasteiger partial charge in [0.25, 0.3) is 0 Å². The number of carboxylic acid groups (broad SMARTS) is 1. The minimum Gasteiger partial charge on any atom is -0.481 e. The van der Waals surface area contributed by atoms with Gasteiger partial charge in [-0.15, -0.1) is 0 Å². The molecule has 1 unspecified atom stereocenters. The molecule has 6 nitrogen and oxygen atoms in total. The zero-order chi connectivity index (χ0) is 15.6. The second kappa shape index (κ2) is 5.74. The van der Waals surface area contributed by atoms with Gasteiger partial charge < -0.3 is 10.0 Å². The number of anilines is 1. The summed E-state index contributed by atoms with van der Waals surface area (Å²) in [5, 5.41) is 18.2.